The monoisotopic (exact) mass is 272 g/mol. The number of sulfonamides is 1. The van der Waals surface area contributed by atoms with E-state index in [0.717, 1.165) is 9.87 Å². The van der Waals surface area contributed by atoms with E-state index in [-0.39, 0.29) is 5.03 Å². The molecule has 0 fully saturated rings. The van der Waals surface area contributed by atoms with Gasteiger partial charge in [-0.3, -0.25) is 0 Å². The Morgan fingerprint density at radius 2 is 1.74 bits per heavy atom. The van der Waals surface area contributed by atoms with Gasteiger partial charge in [-0.1, -0.05) is 24.3 Å². The lowest BCUT2D eigenvalue weighted by Gasteiger charge is -2.10. The molecular weight excluding hydrogens is 260 g/mol. The molecule has 4 nitrogen and oxygen atoms in total. The smallest absolute Gasteiger partial charge is 0.243 e. The van der Waals surface area contributed by atoms with Crippen LogP contribution in [0, 0.1) is 12.0 Å². The van der Waals surface area contributed by atoms with E-state index in [2.05, 4.69) is 16.9 Å². The van der Waals surface area contributed by atoms with Crippen molar-refractivity contribution in [3.05, 3.63) is 60.3 Å². The molecule has 0 aliphatic heterocycles. The molecule has 1 heterocycles. The summed E-state index contributed by atoms with van der Waals surface area (Å²) < 4.78 is 25.2. The zero-order valence-electron chi connectivity index (χ0n) is 10.3. The van der Waals surface area contributed by atoms with Gasteiger partial charge >= 0.3 is 0 Å². The summed E-state index contributed by atoms with van der Waals surface area (Å²) in [5, 5.41) is -0.0140. The van der Waals surface area contributed by atoms with Gasteiger partial charge in [0.2, 0.25) is 0 Å². The van der Waals surface area contributed by atoms with Crippen LogP contribution in [0.25, 0.3) is 0 Å². The maximum atomic E-state index is 12.1. The van der Waals surface area contributed by atoms with Gasteiger partial charge in [0.25, 0.3) is 10.0 Å². The summed E-state index contributed by atoms with van der Waals surface area (Å²) in [4.78, 5) is 3.83. The minimum atomic E-state index is -3.66. The molecule has 0 unspecified atom stereocenters. The van der Waals surface area contributed by atoms with Crippen LogP contribution in [0.3, 0.4) is 0 Å². The van der Waals surface area contributed by atoms with Gasteiger partial charge < -0.3 is 0 Å². The molecule has 0 aliphatic rings. The lowest BCUT2D eigenvalue weighted by Crippen LogP contribution is -2.22. The third kappa shape index (κ3) is 3.12. The van der Waals surface area contributed by atoms with Gasteiger partial charge in [-0.2, -0.15) is 8.42 Å². The van der Waals surface area contributed by atoms with Crippen LogP contribution in [0.5, 0.6) is 0 Å². The number of aromatic nitrogens is 1. The first-order valence-corrected chi connectivity index (χ1v) is 7.01. The van der Waals surface area contributed by atoms with Crippen LogP contribution in [0.1, 0.15) is 5.56 Å². The fourth-order valence-corrected chi connectivity index (χ4v) is 2.26. The van der Waals surface area contributed by atoms with Gasteiger partial charge in [0.15, 0.2) is 5.03 Å². The van der Waals surface area contributed by atoms with E-state index in [1.165, 1.54) is 19.3 Å². The molecule has 0 spiro atoms. The summed E-state index contributed by atoms with van der Waals surface area (Å²) in [7, 11) is -2.26. The first-order chi connectivity index (χ1) is 9.10. The Morgan fingerprint density at radius 3 is 2.37 bits per heavy atom. The second-order valence-electron chi connectivity index (χ2n) is 3.74. The largest absolute Gasteiger partial charge is 0.288 e. The predicted octanol–water partition coefficient (Wildman–Crippen LogP) is 1.71. The van der Waals surface area contributed by atoms with E-state index in [1.54, 1.807) is 12.1 Å². The third-order valence-electron chi connectivity index (χ3n) is 2.39. The highest BCUT2D eigenvalue weighted by atomic mass is 32.2. The van der Waals surface area contributed by atoms with Crippen molar-refractivity contribution < 1.29 is 8.42 Å². The van der Waals surface area contributed by atoms with Gasteiger partial charge in [-0.05, 0) is 30.2 Å². The Morgan fingerprint density at radius 1 is 1.05 bits per heavy atom. The van der Waals surface area contributed by atoms with Crippen LogP contribution in [-0.2, 0) is 10.0 Å². The minimum absolute atomic E-state index is 0.0140. The molecule has 0 radical (unpaired) electrons. The first kappa shape index (κ1) is 13.1. The number of nitrogens with zero attached hydrogens (tertiary/aromatic N) is 2. The van der Waals surface area contributed by atoms with E-state index >= 15 is 0 Å². The highest BCUT2D eigenvalue weighted by Crippen LogP contribution is 2.09. The third-order valence-corrected chi connectivity index (χ3v) is 3.98. The fraction of sp³-hybridized carbons (Fsp3) is 0.0714. The Balaban J connectivity index is 2.26. The summed E-state index contributed by atoms with van der Waals surface area (Å²) in [6.45, 7) is 0. The second-order valence-corrected chi connectivity index (χ2v) is 5.66. The van der Waals surface area contributed by atoms with E-state index in [9.17, 15) is 8.42 Å². The molecule has 2 rings (SSSR count). The molecule has 96 valence electrons. The lowest BCUT2D eigenvalue weighted by molar-refractivity contribution is 0.543. The Bertz CT molecular complexity index is 701. The summed E-state index contributed by atoms with van der Waals surface area (Å²) in [6, 6.07) is 16.5. The highest BCUT2D eigenvalue weighted by Gasteiger charge is 2.19. The Hall–Kier alpha value is -2.32. The van der Waals surface area contributed by atoms with Crippen molar-refractivity contribution >= 4 is 10.0 Å². The van der Waals surface area contributed by atoms with Gasteiger partial charge in [0.1, 0.15) is 0 Å². The number of rotatable bonds is 2. The number of pyridine rings is 1. The summed E-state index contributed by atoms with van der Waals surface area (Å²) in [5.41, 5.74) is 0.755. The molecule has 0 aliphatic carbocycles. The standard InChI is InChI=1S/C14H12N2O2S/c1-16(12-10-13-7-3-2-4-8-13)19(17,18)14-9-5-6-11-15-14/h2-9,11H,1H3. The van der Waals surface area contributed by atoms with E-state index in [0.29, 0.717) is 0 Å². The lowest BCUT2D eigenvalue weighted by atomic mass is 10.2. The molecule has 0 saturated carbocycles. The molecule has 0 amide bonds. The predicted molar refractivity (Wildman–Crippen MR) is 72.5 cm³/mol. The SMILES string of the molecule is CN(C#Cc1ccccc1)S(=O)(=O)c1ccccn1. The zero-order valence-corrected chi connectivity index (χ0v) is 11.1. The Kier molecular flexibility index (Phi) is 3.83. The van der Waals surface area contributed by atoms with Crippen molar-refractivity contribution in [2.45, 2.75) is 5.03 Å². The van der Waals surface area contributed by atoms with Crippen LogP contribution < -0.4 is 0 Å². The van der Waals surface area contributed by atoms with Crippen LogP contribution >= 0.6 is 0 Å². The summed E-state index contributed by atoms with van der Waals surface area (Å²) in [6.07, 6.45) is 1.44. The maximum absolute atomic E-state index is 12.1. The van der Waals surface area contributed by atoms with Crippen LogP contribution in [-0.4, -0.2) is 24.8 Å². The normalized spacial score (nSPS) is 10.4. The van der Waals surface area contributed by atoms with Crippen molar-refractivity contribution in [2.75, 3.05) is 7.05 Å². The van der Waals surface area contributed by atoms with Crippen molar-refractivity contribution in [2.24, 2.45) is 0 Å². The summed E-state index contributed by atoms with van der Waals surface area (Å²) in [5.74, 6) is 2.79. The van der Waals surface area contributed by atoms with Crippen LogP contribution in [0.15, 0.2) is 59.8 Å². The highest BCUT2D eigenvalue weighted by molar-refractivity contribution is 7.89. The molecule has 0 bridgehead atoms. The van der Waals surface area contributed by atoms with Crippen molar-refractivity contribution in [1.29, 1.82) is 0 Å². The van der Waals surface area contributed by atoms with Gasteiger partial charge in [-0.15, -0.1) is 0 Å². The zero-order chi connectivity index (χ0) is 13.7. The average molecular weight is 272 g/mol. The number of hydrogen-bond donors (Lipinski definition) is 0. The van der Waals surface area contributed by atoms with Crippen molar-refractivity contribution in [3.8, 4) is 12.0 Å². The van der Waals surface area contributed by atoms with E-state index in [1.807, 2.05) is 30.3 Å². The average Bonchev–Trinajstić information content (AvgIpc) is 2.46. The molecular formula is C14H12N2O2S. The quantitative estimate of drug-likeness (QED) is 0.618. The fourth-order valence-electron chi connectivity index (χ4n) is 1.36. The molecule has 1 aromatic carbocycles. The molecule has 0 N–H and O–H groups in total. The molecule has 0 atom stereocenters. The van der Waals surface area contributed by atoms with Gasteiger partial charge in [-0.25, -0.2) is 9.29 Å². The summed E-state index contributed by atoms with van der Waals surface area (Å²) >= 11 is 0. The van der Waals surface area contributed by atoms with Crippen molar-refractivity contribution in [3.63, 3.8) is 0 Å². The second kappa shape index (κ2) is 5.55. The molecule has 0 saturated heterocycles. The van der Waals surface area contributed by atoms with E-state index < -0.39 is 10.0 Å². The molecule has 2 aromatic rings. The van der Waals surface area contributed by atoms with Gasteiger partial charge in [0, 0.05) is 24.9 Å². The maximum Gasteiger partial charge on any atom is 0.288 e. The van der Waals surface area contributed by atoms with E-state index in [4.69, 9.17) is 0 Å². The topological polar surface area (TPSA) is 50.3 Å². The van der Waals surface area contributed by atoms with Crippen molar-refractivity contribution in [1.82, 2.24) is 9.29 Å². The number of hydrogen-bond acceptors (Lipinski definition) is 3. The minimum Gasteiger partial charge on any atom is -0.243 e. The molecule has 1 aromatic heterocycles. The molecule has 19 heavy (non-hydrogen) atoms. The Labute approximate surface area is 112 Å². The molecule has 5 heteroatoms. The number of benzene rings is 1. The van der Waals surface area contributed by atoms with Gasteiger partial charge in [0.05, 0.1) is 0 Å². The van der Waals surface area contributed by atoms with Crippen LogP contribution in [0.2, 0.25) is 0 Å². The van der Waals surface area contributed by atoms with Crippen LogP contribution in [0.4, 0.5) is 0 Å². The first-order valence-electron chi connectivity index (χ1n) is 5.57.